The lowest BCUT2D eigenvalue weighted by Gasteiger charge is -2.25. The van der Waals surface area contributed by atoms with Crippen molar-refractivity contribution >= 4 is 22.9 Å². The molecule has 0 saturated heterocycles. The van der Waals surface area contributed by atoms with Crippen LogP contribution in [0.4, 0.5) is 5.69 Å². The van der Waals surface area contributed by atoms with Crippen molar-refractivity contribution in [2.45, 2.75) is 19.9 Å². The average Bonchev–Trinajstić information content (AvgIpc) is 2.16. The van der Waals surface area contributed by atoms with Crippen molar-refractivity contribution < 1.29 is 0 Å². The quantitative estimate of drug-likeness (QED) is 0.772. The highest BCUT2D eigenvalue weighted by atomic mass is 32.1. The second kappa shape index (κ2) is 4.42. The molecule has 0 saturated carbocycles. The van der Waals surface area contributed by atoms with Gasteiger partial charge in [-0.3, -0.25) is 0 Å². The first-order valence-electron chi connectivity index (χ1n) is 4.65. The van der Waals surface area contributed by atoms with Gasteiger partial charge < -0.3 is 10.6 Å². The smallest absolute Gasteiger partial charge is 0.106 e. The molecule has 3 heteroatoms. The van der Waals surface area contributed by atoms with Crippen LogP contribution in [0, 0.1) is 0 Å². The van der Waals surface area contributed by atoms with Gasteiger partial charge in [0.15, 0.2) is 0 Å². The zero-order valence-electron chi connectivity index (χ0n) is 8.82. The van der Waals surface area contributed by atoms with E-state index in [-0.39, 0.29) is 0 Å². The number of thiocarbonyl (C=S) groups is 1. The molecule has 0 unspecified atom stereocenters. The van der Waals surface area contributed by atoms with Gasteiger partial charge in [-0.1, -0.05) is 24.4 Å². The molecule has 2 N–H and O–H groups in total. The number of nitrogens with zero attached hydrogens (tertiary/aromatic N) is 1. The molecule has 0 radical (unpaired) electrons. The van der Waals surface area contributed by atoms with E-state index in [2.05, 4.69) is 18.7 Å². The highest BCUT2D eigenvalue weighted by molar-refractivity contribution is 7.80. The third kappa shape index (κ3) is 2.23. The second-order valence-corrected chi connectivity index (χ2v) is 4.03. The minimum Gasteiger partial charge on any atom is -0.389 e. The van der Waals surface area contributed by atoms with Gasteiger partial charge in [-0.15, -0.1) is 0 Å². The minimum atomic E-state index is 0.436. The molecule has 1 aromatic carbocycles. The summed E-state index contributed by atoms with van der Waals surface area (Å²) in [6.07, 6.45) is 0. The standard InChI is InChI=1S/C11H16N2S/c1-8(2)13(3)10-7-5-4-6-9(10)11(12)14/h4-8H,1-3H3,(H2,12,14). The predicted molar refractivity (Wildman–Crippen MR) is 65.9 cm³/mol. The average molecular weight is 208 g/mol. The maximum Gasteiger partial charge on any atom is 0.106 e. The zero-order chi connectivity index (χ0) is 10.7. The molecule has 1 rings (SSSR count). The van der Waals surface area contributed by atoms with Crippen molar-refractivity contribution in [1.82, 2.24) is 0 Å². The molecule has 0 atom stereocenters. The molecule has 76 valence electrons. The highest BCUT2D eigenvalue weighted by Crippen LogP contribution is 2.20. The van der Waals surface area contributed by atoms with E-state index in [1.807, 2.05) is 31.3 Å². The molecule has 0 aromatic heterocycles. The maximum absolute atomic E-state index is 5.66. The Kier molecular flexibility index (Phi) is 3.47. The SMILES string of the molecule is CC(C)N(C)c1ccccc1C(N)=S. The molecule has 0 fully saturated rings. The Morgan fingerprint density at radius 2 is 1.93 bits per heavy atom. The summed E-state index contributed by atoms with van der Waals surface area (Å²) in [4.78, 5) is 2.61. The molecule has 14 heavy (non-hydrogen) atoms. The number of hydrogen-bond donors (Lipinski definition) is 1. The molecule has 1 aromatic rings. The van der Waals surface area contributed by atoms with Gasteiger partial charge in [0.2, 0.25) is 0 Å². The van der Waals surface area contributed by atoms with Crippen molar-refractivity contribution in [2.75, 3.05) is 11.9 Å². The van der Waals surface area contributed by atoms with E-state index >= 15 is 0 Å². The van der Waals surface area contributed by atoms with E-state index in [0.29, 0.717) is 11.0 Å². The fraction of sp³-hybridized carbons (Fsp3) is 0.364. The molecule has 0 amide bonds. The molecule has 0 aliphatic rings. The van der Waals surface area contributed by atoms with Crippen LogP contribution in [0.3, 0.4) is 0 Å². The van der Waals surface area contributed by atoms with Gasteiger partial charge in [-0.2, -0.15) is 0 Å². The summed E-state index contributed by atoms with van der Waals surface area (Å²) in [6.45, 7) is 4.27. The summed E-state index contributed by atoms with van der Waals surface area (Å²) >= 11 is 5.01. The van der Waals surface area contributed by atoms with Crippen molar-refractivity contribution in [3.63, 3.8) is 0 Å². The summed E-state index contributed by atoms with van der Waals surface area (Å²) in [5.41, 5.74) is 7.69. The topological polar surface area (TPSA) is 29.3 Å². The predicted octanol–water partition coefficient (Wildman–Crippen LogP) is 2.17. The van der Waals surface area contributed by atoms with E-state index in [9.17, 15) is 0 Å². The number of nitrogens with two attached hydrogens (primary N) is 1. The lowest BCUT2D eigenvalue weighted by atomic mass is 10.1. The number of para-hydroxylation sites is 1. The Morgan fingerprint density at radius 3 is 2.43 bits per heavy atom. The third-order valence-electron chi connectivity index (χ3n) is 2.32. The first kappa shape index (κ1) is 11.0. The Morgan fingerprint density at radius 1 is 1.36 bits per heavy atom. The lowest BCUT2D eigenvalue weighted by Crippen LogP contribution is -2.28. The van der Waals surface area contributed by atoms with Crippen LogP contribution in [0.15, 0.2) is 24.3 Å². The van der Waals surface area contributed by atoms with Crippen LogP contribution in [0.25, 0.3) is 0 Å². The summed E-state index contributed by atoms with van der Waals surface area (Å²) in [7, 11) is 2.04. The van der Waals surface area contributed by atoms with Crippen molar-refractivity contribution in [3.8, 4) is 0 Å². The van der Waals surface area contributed by atoms with E-state index in [4.69, 9.17) is 18.0 Å². The molecule has 2 nitrogen and oxygen atoms in total. The fourth-order valence-corrected chi connectivity index (χ4v) is 1.44. The molecule has 0 aliphatic carbocycles. The molecule has 0 spiro atoms. The van der Waals surface area contributed by atoms with E-state index < -0.39 is 0 Å². The molecule has 0 heterocycles. The number of anilines is 1. The number of hydrogen-bond acceptors (Lipinski definition) is 2. The van der Waals surface area contributed by atoms with Gasteiger partial charge in [0.05, 0.1) is 0 Å². The largest absolute Gasteiger partial charge is 0.389 e. The highest BCUT2D eigenvalue weighted by Gasteiger charge is 2.10. The van der Waals surface area contributed by atoms with Crippen LogP contribution in [0.1, 0.15) is 19.4 Å². The van der Waals surface area contributed by atoms with Crippen molar-refractivity contribution in [1.29, 1.82) is 0 Å². The van der Waals surface area contributed by atoms with E-state index in [1.165, 1.54) is 0 Å². The molecular weight excluding hydrogens is 192 g/mol. The Labute approximate surface area is 90.7 Å². The third-order valence-corrected chi connectivity index (χ3v) is 2.54. The maximum atomic E-state index is 5.66. The van der Waals surface area contributed by atoms with Crippen molar-refractivity contribution in [3.05, 3.63) is 29.8 Å². The van der Waals surface area contributed by atoms with Gasteiger partial charge in [0.25, 0.3) is 0 Å². The van der Waals surface area contributed by atoms with Crippen LogP contribution in [-0.2, 0) is 0 Å². The van der Waals surface area contributed by atoms with Gasteiger partial charge in [0, 0.05) is 24.3 Å². The normalized spacial score (nSPS) is 10.3. The first-order chi connectivity index (χ1) is 6.54. The lowest BCUT2D eigenvalue weighted by molar-refractivity contribution is 0.754. The zero-order valence-corrected chi connectivity index (χ0v) is 9.64. The van der Waals surface area contributed by atoms with Crippen LogP contribution >= 0.6 is 12.2 Å². The summed E-state index contributed by atoms with van der Waals surface area (Å²) in [5, 5.41) is 0. The van der Waals surface area contributed by atoms with Crippen LogP contribution in [0.5, 0.6) is 0 Å². The number of rotatable bonds is 3. The summed E-state index contributed by atoms with van der Waals surface area (Å²) in [5.74, 6) is 0. The molecular formula is C11H16N2S. The first-order valence-corrected chi connectivity index (χ1v) is 5.06. The summed E-state index contributed by atoms with van der Waals surface area (Å²) < 4.78 is 0. The Hall–Kier alpha value is -1.09. The van der Waals surface area contributed by atoms with Gasteiger partial charge in [0.1, 0.15) is 4.99 Å². The van der Waals surface area contributed by atoms with Gasteiger partial charge >= 0.3 is 0 Å². The monoisotopic (exact) mass is 208 g/mol. The van der Waals surface area contributed by atoms with Gasteiger partial charge in [-0.05, 0) is 26.0 Å². The Balaban J connectivity index is 3.13. The Bertz CT molecular complexity index is 334. The second-order valence-electron chi connectivity index (χ2n) is 3.59. The van der Waals surface area contributed by atoms with Crippen molar-refractivity contribution in [2.24, 2.45) is 5.73 Å². The van der Waals surface area contributed by atoms with E-state index in [0.717, 1.165) is 11.3 Å². The summed E-state index contributed by atoms with van der Waals surface area (Å²) in [6, 6.07) is 8.37. The minimum absolute atomic E-state index is 0.436. The fourth-order valence-electron chi connectivity index (χ4n) is 1.27. The van der Waals surface area contributed by atoms with Crippen LogP contribution < -0.4 is 10.6 Å². The molecule has 0 bridgehead atoms. The van der Waals surface area contributed by atoms with Crippen LogP contribution in [0.2, 0.25) is 0 Å². The molecule has 0 aliphatic heterocycles. The van der Waals surface area contributed by atoms with Crippen LogP contribution in [-0.4, -0.2) is 18.1 Å². The van der Waals surface area contributed by atoms with Gasteiger partial charge in [-0.25, -0.2) is 0 Å². The van der Waals surface area contributed by atoms with E-state index in [1.54, 1.807) is 0 Å². The number of benzene rings is 1.